The minimum atomic E-state index is -0.110. The lowest BCUT2D eigenvalue weighted by atomic mass is 10.1. The first kappa shape index (κ1) is 22.7. The maximum absolute atomic E-state index is 12.3. The third kappa shape index (κ3) is 5.46. The van der Waals surface area contributed by atoms with E-state index in [1.54, 1.807) is 23.1 Å². The van der Waals surface area contributed by atoms with E-state index in [-0.39, 0.29) is 5.91 Å². The van der Waals surface area contributed by atoms with Crippen molar-refractivity contribution in [2.24, 2.45) is 5.92 Å². The topological polar surface area (TPSA) is 72.7 Å². The summed E-state index contributed by atoms with van der Waals surface area (Å²) < 4.78 is 2.09. The van der Waals surface area contributed by atoms with Gasteiger partial charge in [0.25, 0.3) is 5.91 Å². The van der Waals surface area contributed by atoms with Gasteiger partial charge in [-0.05, 0) is 48.4 Å². The van der Waals surface area contributed by atoms with E-state index in [0.29, 0.717) is 23.9 Å². The number of hydrogen-bond acceptors (Lipinski definition) is 7. The molecule has 0 aliphatic carbocycles. The van der Waals surface area contributed by atoms with Crippen LogP contribution < -0.4 is 5.32 Å². The van der Waals surface area contributed by atoms with Crippen LogP contribution in [0, 0.1) is 12.8 Å². The first-order chi connectivity index (χ1) is 15.5. The van der Waals surface area contributed by atoms with Crippen molar-refractivity contribution in [2.45, 2.75) is 38.1 Å². The van der Waals surface area contributed by atoms with Gasteiger partial charge in [-0.25, -0.2) is 4.98 Å². The van der Waals surface area contributed by atoms with Gasteiger partial charge in [-0.15, -0.1) is 32.9 Å². The van der Waals surface area contributed by atoms with Gasteiger partial charge in [0.15, 0.2) is 11.0 Å². The summed E-state index contributed by atoms with van der Waals surface area (Å²) in [5, 5.41) is 17.5. The number of carbonyl (C=O) groups is 1. The average molecular weight is 484 g/mol. The smallest absolute Gasteiger partial charge is 0.270 e. The normalized spacial score (nSPS) is 11.2. The van der Waals surface area contributed by atoms with Crippen molar-refractivity contribution < 1.29 is 4.79 Å². The molecule has 9 heteroatoms. The lowest BCUT2D eigenvalue weighted by molar-refractivity contribution is 0.0947. The summed E-state index contributed by atoms with van der Waals surface area (Å²) in [4.78, 5) is 17.9. The minimum absolute atomic E-state index is 0.110. The highest BCUT2D eigenvalue weighted by molar-refractivity contribution is 7.98. The van der Waals surface area contributed by atoms with Gasteiger partial charge < -0.3 is 5.32 Å². The number of aryl methyl sites for hydroxylation is 1. The molecule has 4 rings (SSSR count). The number of hydrogen-bond donors (Lipinski definition) is 1. The zero-order valence-corrected chi connectivity index (χ0v) is 20.7. The van der Waals surface area contributed by atoms with Crippen molar-refractivity contribution in [3.05, 3.63) is 63.4 Å². The van der Waals surface area contributed by atoms with E-state index in [4.69, 9.17) is 0 Å². The predicted molar refractivity (Wildman–Crippen MR) is 133 cm³/mol. The molecular formula is C23H25N5OS3. The van der Waals surface area contributed by atoms with Crippen LogP contribution in [0.15, 0.2) is 52.3 Å². The van der Waals surface area contributed by atoms with E-state index in [0.717, 1.165) is 33.0 Å². The highest BCUT2D eigenvalue weighted by atomic mass is 32.2. The van der Waals surface area contributed by atoms with E-state index < -0.39 is 0 Å². The number of amides is 1. The molecule has 6 nitrogen and oxygen atoms in total. The first-order valence-corrected chi connectivity index (χ1v) is 13.2. The van der Waals surface area contributed by atoms with Gasteiger partial charge in [-0.2, -0.15) is 0 Å². The van der Waals surface area contributed by atoms with E-state index in [2.05, 4.69) is 70.1 Å². The van der Waals surface area contributed by atoms with Crippen LogP contribution in [0.1, 0.15) is 41.3 Å². The van der Waals surface area contributed by atoms with Gasteiger partial charge in [-0.1, -0.05) is 43.8 Å². The number of nitrogens with one attached hydrogen (secondary N) is 1. The highest BCUT2D eigenvalue weighted by Crippen LogP contribution is 2.32. The fourth-order valence-corrected chi connectivity index (χ4v) is 5.54. The maximum atomic E-state index is 12.3. The van der Waals surface area contributed by atoms with E-state index in [9.17, 15) is 4.79 Å². The van der Waals surface area contributed by atoms with Gasteiger partial charge >= 0.3 is 0 Å². The van der Waals surface area contributed by atoms with E-state index in [1.807, 2.05) is 22.9 Å². The van der Waals surface area contributed by atoms with Crippen molar-refractivity contribution >= 4 is 40.3 Å². The SMILES string of the molecule is Cc1cccc(-n2c(SCc3nc(C(=O)NCCC(C)C)cs3)nnc2-c2cccs2)c1. The summed E-state index contributed by atoms with van der Waals surface area (Å²) in [5.41, 5.74) is 2.69. The Labute approximate surface area is 200 Å². The van der Waals surface area contributed by atoms with Gasteiger partial charge in [0, 0.05) is 11.9 Å². The van der Waals surface area contributed by atoms with Crippen molar-refractivity contribution in [3.8, 4) is 16.4 Å². The zero-order valence-electron chi connectivity index (χ0n) is 18.2. The minimum Gasteiger partial charge on any atom is -0.351 e. The number of carbonyl (C=O) groups excluding carboxylic acids is 1. The summed E-state index contributed by atoms with van der Waals surface area (Å²) in [6.45, 7) is 7.03. The van der Waals surface area contributed by atoms with Gasteiger partial charge in [-0.3, -0.25) is 9.36 Å². The van der Waals surface area contributed by atoms with Crippen LogP contribution in [0.4, 0.5) is 0 Å². The number of thiazole rings is 1. The molecule has 0 atom stereocenters. The molecule has 0 saturated carbocycles. The maximum Gasteiger partial charge on any atom is 0.270 e. The van der Waals surface area contributed by atoms with Crippen LogP contribution >= 0.6 is 34.4 Å². The molecule has 3 aromatic heterocycles. The Morgan fingerprint density at radius 2 is 2.06 bits per heavy atom. The molecule has 0 aliphatic heterocycles. The van der Waals surface area contributed by atoms with Crippen molar-refractivity contribution in [2.75, 3.05) is 6.54 Å². The lowest BCUT2D eigenvalue weighted by Crippen LogP contribution is -2.25. The van der Waals surface area contributed by atoms with Crippen molar-refractivity contribution in [1.29, 1.82) is 0 Å². The summed E-state index contributed by atoms with van der Waals surface area (Å²) in [7, 11) is 0. The summed E-state index contributed by atoms with van der Waals surface area (Å²) in [5.74, 6) is 1.90. The third-order valence-electron chi connectivity index (χ3n) is 4.75. The zero-order chi connectivity index (χ0) is 22.5. The lowest BCUT2D eigenvalue weighted by Gasteiger charge is -2.10. The second-order valence-corrected chi connectivity index (χ2v) is 10.6. The Morgan fingerprint density at radius 1 is 1.19 bits per heavy atom. The molecule has 1 N–H and O–H groups in total. The van der Waals surface area contributed by atoms with Crippen molar-refractivity contribution in [3.63, 3.8) is 0 Å². The molecular weight excluding hydrogens is 458 g/mol. The van der Waals surface area contributed by atoms with Crippen molar-refractivity contribution in [1.82, 2.24) is 25.1 Å². The molecule has 166 valence electrons. The fourth-order valence-electron chi connectivity index (χ4n) is 3.10. The molecule has 0 saturated heterocycles. The molecule has 0 fully saturated rings. The van der Waals surface area contributed by atoms with E-state index in [1.165, 1.54) is 16.9 Å². The van der Waals surface area contributed by atoms with Crippen LogP contribution in [-0.4, -0.2) is 32.2 Å². The Hall–Kier alpha value is -2.49. The van der Waals surface area contributed by atoms with Crippen LogP contribution in [0.25, 0.3) is 16.4 Å². The van der Waals surface area contributed by atoms with Crippen LogP contribution in [0.3, 0.4) is 0 Å². The Balaban J connectivity index is 1.51. The molecule has 3 heterocycles. The number of thioether (sulfide) groups is 1. The summed E-state index contributed by atoms with van der Waals surface area (Å²) >= 11 is 4.72. The summed E-state index contributed by atoms with van der Waals surface area (Å²) in [6, 6.07) is 12.4. The number of thiophene rings is 1. The molecule has 0 aliphatic rings. The van der Waals surface area contributed by atoms with Gasteiger partial charge in [0.2, 0.25) is 0 Å². The second-order valence-electron chi connectivity index (χ2n) is 7.81. The Morgan fingerprint density at radius 3 is 2.81 bits per heavy atom. The van der Waals surface area contributed by atoms with E-state index >= 15 is 0 Å². The number of rotatable bonds is 9. The third-order valence-corrected chi connectivity index (χ3v) is 7.59. The molecule has 4 aromatic rings. The largest absolute Gasteiger partial charge is 0.351 e. The number of aromatic nitrogens is 4. The number of benzene rings is 1. The average Bonchev–Trinajstić information content (AvgIpc) is 3.52. The fraction of sp³-hybridized carbons (Fsp3) is 0.304. The molecule has 32 heavy (non-hydrogen) atoms. The number of nitrogens with zero attached hydrogens (tertiary/aromatic N) is 4. The van der Waals surface area contributed by atoms with Gasteiger partial charge in [0.05, 0.1) is 16.3 Å². The predicted octanol–water partition coefficient (Wildman–Crippen LogP) is 5.83. The molecule has 0 spiro atoms. The summed E-state index contributed by atoms with van der Waals surface area (Å²) in [6.07, 6.45) is 0.958. The quantitative estimate of drug-likeness (QED) is 0.303. The monoisotopic (exact) mass is 483 g/mol. The van der Waals surface area contributed by atoms with Gasteiger partial charge in [0.1, 0.15) is 10.7 Å². The Bertz CT molecular complexity index is 1180. The van der Waals surface area contributed by atoms with Crippen LogP contribution in [0.5, 0.6) is 0 Å². The highest BCUT2D eigenvalue weighted by Gasteiger charge is 2.18. The van der Waals surface area contributed by atoms with Crippen LogP contribution in [0.2, 0.25) is 0 Å². The second kappa shape index (κ2) is 10.4. The molecule has 0 unspecified atom stereocenters. The first-order valence-electron chi connectivity index (χ1n) is 10.4. The van der Waals surface area contributed by atoms with Crippen LogP contribution in [-0.2, 0) is 5.75 Å². The molecule has 0 radical (unpaired) electrons. The molecule has 1 aromatic carbocycles. The molecule has 0 bridgehead atoms. The Kier molecular flexibility index (Phi) is 7.39. The molecule has 1 amide bonds. The standard InChI is InChI=1S/C23H25N5OS3/c1-15(2)9-10-24-22(29)18-13-31-20(25-18)14-32-23-27-26-21(19-8-5-11-30-19)28(23)17-7-4-6-16(3)12-17/h4-8,11-13,15H,9-10,14H2,1-3H3,(H,24,29).